The molecule has 2 aromatic rings. The molecule has 2 amide bonds. The molecule has 0 heterocycles. The number of amides is 2. The van der Waals surface area contributed by atoms with Crippen molar-refractivity contribution in [1.29, 1.82) is 0 Å². The first-order chi connectivity index (χ1) is 13.0. The Kier molecular flexibility index (Phi) is 7.86. The maximum Gasteiger partial charge on any atom is 0.242 e. The average molecular weight is 387 g/mol. The molecule has 0 aliphatic heterocycles. The van der Waals surface area contributed by atoms with Crippen molar-refractivity contribution < 1.29 is 9.59 Å². The maximum absolute atomic E-state index is 13.1. The molecule has 0 spiro atoms. The van der Waals surface area contributed by atoms with Gasteiger partial charge in [-0.3, -0.25) is 9.59 Å². The number of rotatable bonds is 8. The quantitative estimate of drug-likeness (QED) is 0.741. The number of likely N-dealkylation sites (N-methyl/N-ethyl adjacent to an activating group) is 1. The minimum absolute atomic E-state index is 0.0476. The molecule has 0 bridgehead atoms. The minimum atomic E-state index is -0.492. The van der Waals surface area contributed by atoms with Crippen LogP contribution in [0.1, 0.15) is 36.5 Å². The third-order valence-corrected chi connectivity index (χ3v) is 5.17. The van der Waals surface area contributed by atoms with Gasteiger partial charge in [0.1, 0.15) is 6.04 Å². The van der Waals surface area contributed by atoms with Crippen molar-refractivity contribution in [2.24, 2.45) is 0 Å². The Hall–Kier alpha value is -2.33. The zero-order valence-corrected chi connectivity index (χ0v) is 16.9. The number of hydrogen-bond acceptors (Lipinski definition) is 2. The lowest BCUT2D eigenvalue weighted by Crippen LogP contribution is -2.48. The highest BCUT2D eigenvalue weighted by molar-refractivity contribution is 6.31. The number of benzene rings is 2. The van der Waals surface area contributed by atoms with E-state index in [1.807, 2.05) is 62.4 Å². The van der Waals surface area contributed by atoms with Crippen LogP contribution in [0.5, 0.6) is 0 Å². The number of nitrogens with zero attached hydrogens (tertiary/aromatic N) is 1. The maximum atomic E-state index is 13.1. The smallest absolute Gasteiger partial charge is 0.242 e. The summed E-state index contributed by atoms with van der Waals surface area (Å²) in [5, 5.41) is 3.34. The van der Waals surface area contributed by atoms with Gasteiger partial charge in [0.25, 0.3) is 0 Å². The Balaban J connectivity index is 2.22. The van der Waals surface area contributed by atoms with E-state index in [0.29, 0.717) is 30.8 Å². The zero-order chi connectivity index (χ0) is 19.8. The summed E-state index contributed by atoms with van der Waals surface area (Å²) in [6.07, 6.45) is 1.42. The molecule has 144 valence electrons. The van der Waals surface area contributed by atoms with E-state index in [2.05, 4.69) is 5.32 Å². The highest BCUT2D eigenvalue weighted by atomic mass is 35.5. The molecule has 0 fully saturated rings. The molecule has 2 aromatic carbocycles. The SMILES string of the molecule is CC[C@H](C(=O)NC)N(Cc1ccccc1C)C(=O)CCc1ccccc1Cl. The fourth-order valence-corrected chi connectivity index (χ4v) is 3.37. The van der Waals surface area contributed by atoms with Gasteiger partial charge in [-0.2, -0.15) is 0 Å². The molecule has 0 saturated heterocycles. The lowest BCUT2D eigenvalue weighted by molar-refractivity contribution is -0.141. The molecule has 0 unspecified atom stereocenters. The van der Waals surface area contributed by atoms with Gasteiger partial charge in [-0.1, -0.05) is 61.0 Å². The van der Waals surface area contributed by atoms with Gasteiger partial charge < -0.3 is 10.2 Å². The summed E-state index contributed by atoms with van der Waals surface area (Å²) in [7, 11) is 1.60. The predicted molar refractivity (Wildman–Crippen MR) is 110 cm³/mol. The van der Waals surface area contributed by atoms with Gasteiger partial charge in [0, 0.05) is 25.0 Å². The number of aryl methyl sites for hydroxylation is 2. The zero-order valence-electron chi connectivity index (χ0n) is 16.2. The van der Waals surface area contributed by atoms with Crippen LogP contribution in [0.25, 0.3) is 0 Å². The average Bonchev–Trinajstić information content (AvgIpc) is 2.68. The van der Waals surface area contributed by atoms with Gasteiger partial charge in [-0.15, -0.1) is 0 Å². The van der Waals surface area contributed by atoms with Gasteiger partial charge in [0.2, 0.25) is 11.8 Å². The lowest BCUT2D eigenvalue weighted by atomic mass is 10.0. The Bertz CT molecular complexity index is 791. The summed E-state index contributed by atoms with van der Waals surface area (Å²) in [5.41, 5.74) is 3.09. The van der Waals surface area contributed by atoms with Gasteiger partial charge in [-0.25, -0.2) is 0 Å². The number of hydrogen-bond donors (Lipinski definition) is 1. The molecular weight excluding hydrogens is 360 g/mol. The number of carbonyl (C=O) groups is 2. The van der Waals surface area contributed by atoms with E-state index < -0.39 is 6.04 Å². The van der Waals surface area contributed by atoms with E-state index in [1.165, 1.54) is 0 Å². The Morgan fingerprint density at radius 2 is 1.70 bits per heavy atom. The van der Waals surface area contributed by atoms with Crippen molar-refractivity contribution in [3.63, 3.8) is 0 Å². The predicted octanol–water partition coefficient (Wildman–Crippen LogP) is 4.13. The van der Waals surface area contributed by atoms with Crippen LogP contribution in [-0.2, 0) is 22.6 Å². The van der Waals surface area contributed by atoms with Crippen LogP contribution < -0.4 is 5.32 Å². The Labute approximate surface area is 166 Å². The topological polar surface area (TPSA) is 49.4 Å². The van der Waals surface area contributed by atoms with Crippen molar-refractivity contribution >= 4 is 23.4 Å². The first-order valence-electron chi connectivity index (χ1n) is 9.26. The van der Waals surface area contributed by atoms with E-state index >= 15 is 0 Å². The number of carbonyl (C=O) groups excluding carboxylic acids is 2. The summed E-state index contributed by atoms with van der Waals surface area (Å²) in [6, 6.07) is 15.0. The fraction of sp³-hybridized carbons (Fsp3) is 0.364. The van der Waals surface area contributed by atoms with Crippen molar-refractivity contribution in [3.05, 3.63) is 70.2 Å². The third-order valence-electron chi connectivity index (χ3n) is 4.80. The summed E-state index contributed by atoms with van der Waals surface area (Å²) in [5.74, 6) is -0.189. The summed E-state index contributed by atoms with van der Waals surface area (Å²) >= 11 is 6.21. The van der Waals surface area contributed by atoms with Crippen molar-refractivity contribution in [3.8, 4) is 0 Å². The molecule has 2 rings (SSSR count). The van der Waals surface area contributed by atoms with Crippen LogP contribution >= 0.6 is 11.6 Å². The second kappa shape index (κ2) is 10.1. The fourth-order valence-electron chi connectivity index (χ4n) is 3.14. The van der Waals surface area contributed by atoms with Crippen LogP contribution in [0.2, 0.25) is 5.02 Å². The summed E-state index contributed by atoms with van der Waals surface area (Å²) < 4.78 is 0. The second-order valence-electron chi connectivity index (χ2n) is 6.58. The van der Waals surface area contributed by atoms with E-state index in [-0.39, 0.29) is 11.8 Å². The van der Waals surface area contributed by atoms with Crippen LogP contribution in [-0.4, -0.2) is 29.8 Å². The largest absolute Gasteiger partial charge is 0.357 e. The van der Waals surface area contributed by atoms with Gasteiger partial charge in [0.15, 0.2) is 0 Å². The van der Waals surface area contributed by atoms with Crippen LogP contribution in [0.15, 0.2) is 48.5 Å². The number of halogens is 1. The molecule has 0 aliphatic rings. The van der Waals surface area contributed by atoms with Crippen molar-refractivity contribution in [2.75, 3.05) is 7.05 Å². The molecule has 0 aliphatic carbocycles. The highest BCUT2D eigenvalue weighted by Crippen LogP contribution is 2.20. The normalized spacial score (nSPS) is 11.7. The molecule has 0 aromatic heterocycles. The molecule has 4 nitrogen and oxygen atoms in total. The molecule has 1 N–H and O–H groups in total. The standard InChI is InChI=1S/C22H27ClN2O2/c1-4-20(22(27)24-3)25(15-18-11-6-5-9-16(18)2)21(26)14-13-17-10-7-8-12-19(17)23/h5-12,20H,4,13-15H2,1-3H3,(H,24,27)/t20-/m1/s1. The molecule has 0 saturated carbocycles. The lowest BCUT2D eigenvalue weighted by Gasteiger charge is -2.31. The number of nitrogens with one attached hydrogen (secondary N) is 1. The van der Waals surface area contributed by atoms with Crippen molar-refractivity contribution in [1.82, 2.24) is 10.2 Å². The van der Waals surface area contributed by atoms with Crippen LogP contribution in [0.4, 0.5) is 0 Å². The van der Waals surface area contributed by atoms with E-state index in [9.17, 15) is 9.59 Å². The summed E-state index contributed by atoms with van der Waals surface area (Å²) in [6.45, 7) is 4.36. The van der Waals surface area contributed by atoms with Gasteiger partial charge in [-0.05, 0) is 42.5 Å². The minimum Gasteiger partial charge on any atom is -0.357 e. The third kappa shape index (κ3) is 5.57. The molecular formula is C22H27ClN2O2. The first-order valence-corrected chi connectivity index (χ1v) is 9.64. The van der Waals surface area contributed by atoms with E-state index in [0.717, 1.165) is 16.7 Å². The molecule has 27 heavy (non-hydrogen) atoms. The highest BCUT2D eigenvalue weighted by Gasteiger charge is 2.28. The monoisotopic (exact) mass is 386 g/mol. The first kappa shape index (κ1) is 21.0. The Morgan fingerprint density at radius 3 is 2.30 bits per heavy atom. The van der Waals surface area contributed by atoms with Gasteiger partial charge in [0.05, 0.1) is 0 Å². The van der Waals surface area contributed by atoms with Crippen molar-refractivity contribution in [2.45, 2.75) is 45.7 Å². The van der Waals surface area contributed by atoms with Crippen LogP contribution in [0, 0.1) is 6.92 Å². The second-order valence-corrected chi connectivity index (χ2v) is 6.99. The molecule has 5 heteroatoms. The van der Waals surface area contributed by atoms with E-state index in [1.54, 1.807) is 11.9 Å². The van der Waals surface area contributed by atoms with Crippen LogP contribution in [0.3, 0.4) is 0 Å². The van der Waals surface area contributed by atoms with Gasteiger partial charge >= 0.3 is 0 Å². The van der Waals surface area contributed by atoms with E-state index in [4.69, 9.17) is 11.6 Å². The molecule has 0 radical (unpaired) electrons. The molecule has 1 atom stereocenters. The summed E-state index contributed by atoms with van der Waals surface area (Å²) in [4.78, 5) is 27.1. The Morgan fingerprint density at radius 1 is 1.07 bits per heavy atom.